The van der Waals surface area contributed by atoms with Crippen LogP contribution in [0.25, 0.3) is 10.1 Å². The molecule has 74 valence electrons. The van der Waals surface area contributed by atoms with Crippen LogP contribution in [-0.4, -0.2) is 7.11 Å². The Kier molecular flexibility index (Phi) is 3.19. The minimum absolute atomic E-state index is 0.534. The molecular weight excluding hydrogens is 331 g/mol. The fraction of sp³-hybridized carbons (Fsp3) is 0.200. The molecule has 0 aliphatic rings. The predicted octanol–water partition coefficient (Wildman–Crippen LogP) is 4.25. The zero-order chi connectivity index (χ0) is 10.1. The molecule has 0 unspecified atom stereocenters. The summed E-state index contributed by atoms with van der Waals surface area (Å²) in [5.41, 5.74) is 1.18. The van der Waals surface area contributed by atoms with E-state index in [1.54, 1.807) is 18.4 Å². The van der Waals surface area contributed by atoms with Crippen molar-refractivity contribution in [2.75, 3.05) is 7.11 Å². The van der Waals surface area contributed by atoms with Gasteiger partial charge in [-0.2, -0.15) is 0 Å². The second-order valence-electron chi connectivity index (χ2n) is 2.84. The number of methoxy groups -OCH3 is 1. The maximum absolute atomic E-state index is 5.94. The highest BCUT2D eigenvalue weighted by molar-refractivity contribution is 14.1. The first-order valence-corrected chi connectivity index (χ1v) is 6.55. The number of benzene rings is 1. The number of alkyl halides is 1. The van der Waals surface area contributed by atoms with E-state index in [2.05, 4.69) is 40.1 Å². The van der Waals surface area contributed by atoms with E-state index in [-0.39, 0.29) is 0 Å². The monoisotopic (exact) mass is 338 g/mol. The Morgan fingerprint density at radius 2 is 2.36 bits per heavy atom. The summed E-state index contributed by atoms with van der Waals surface area (Å²) in [5.74, 6) is 1.44. The number of hydrogen-bond donors (Lipinski definition) is 0. The maximum Gasteiger partial charge on any atom is 0.133 e. The van der Waals surface area contributed by atoms with Crippen LogP contribution in [0.5, 0.6) is 5.75 Å². The zero-order valence-electron chi connectivity index (χ0n) is 7.51. The third kappa shape index (κ3) is 1.61. The van der Waals surface area contributed by atoms with Crippen molar-refractivity contribution in [3.8, 4) is 5.75 Å². The topological polar surface area (TPSA) is 9.23 Å². The van der Waals surface area contributed by atoms with Crippen molar-refractivity contribution in [1.29, 1.82) is 0 Å². The van der Waals surface area contributed by atoms with Gasteiger partial charge >= 0.3 is 0 Å². The summed E-state index contributed by atoms with van der Waals surface area (Å²) >= 11 is 9.95. The van der Waals surface area contributed by atoms with Crippen LogP contribution in [0.15, 0.2) is 17.5 Å². The summed E-state index contributed by atoms with van der Waals surface area (Å²) in [6, 6.07) is 4.15. The Morgan fingerprint density at radius 3 is 3.00 bits per heavy atom. The molecule has 4 heteroatoms. The van der Waals surface area contributed by atoms with E-state index in [9.17, 15) is 0 Å². The zero-order valence-corrected chi connectivity index (χ0v) is 11.2. The highest BCUT2D eigenvalue weighted by Crippen LogP contribution is 2.35. The minimum Gasteiger partial charge on any atom is -0.496 e. The number of ether oxygens (including phenoxy) is 1. The van der Waals surface area contributed by atoms with Crippen LogP contribution in [0.3, 0.4) is 0 Å². The molecule has 0 saturated heterocycles. The van der Waals surface area contributed by atoms with Crippen LogP contribution in [-0.2, 0) is 5.88 Å². The van der Waals surface area contributed by atoms with E-state index < -0.39 is 0 Å². The van der Waals surface area contributed by atoms with Crippen molar-refractivity contribution >= 4 is 55.6 Å². The van der Waals surface area contributed by atoms with Gasteiger partial charge in [-0.05, 0) is 45.5 Å². The molecule has 1 aromatic heterocycles. The molecule has 0 radical (unpaired) electrons. The van der Waals surface area contributed by atoms with Crippen LogP contribution in [0.1, 0.15) is 5.56 Å². The molecular formula is C10H8ClIOS. The summed E-state index contributed by atoms with van der Waals surface area (Å²) in [4.78, 5) is 0. The molecule has 0 N–H and O–H groups in total. The van der Waals surface area contributed by atoms with Crippen molar-refractivity contribution < 1.29 is 4.74 Å². The average Bonchev–Trinajstić information content (AvgIpc) is 2.64. The van der Waals surface area contributed by atoms with Gasteiger partial charge in [-0.25, -0.2) is 0 Å². The largest absolute Gasteiger partial charge is 0.496 e. The summed E-state index contributed by atoms with van der Waals surface area (Å²) in [6.45, 7) is 0. The first-order valence-electron chi connectivity index (χ1n) is 4.06. The van der Waals surface area contributed by atoms with Crippen molar-refractivity contribution in [3.05, 3.63) is 26.6 Å². The van der Waals surface area contributed by atoms with E-state index in [4.69, 9.17) is 16.3 Å². The van der Waals surface area contributed by atoms with Gasteiger partial charge in [0, 0.05) is 16.1 Å². The molecule has 0 fully saturated rings. The first kappa shape index (κ1) is 10.5. The van der Waals surface area contributed by atoms with E-state index >= 15 is 0 Å². The lowest BCUT2D eigenvalue weighted by atomic mass is 10.2. The van der Waals surface area contributed by atoms with Crippen molar-refractivity contribution in [2.24, 2.45) is 0 Å². The molecule has 0 saturated carbocycles. The molecule has 14 heavy (non-hydrogen) atoms. The Balaban J connectivity index is 2.80. The highest BCUT2D eigenvalue weighted by atomic mass is 127. The highest BCUT2D eigenvalue weighted by Gasteiger charge is 2.11. The molecule has 0 atom stereocenters. The molecule has 1 nitrogen and oxygen atoms in total. The van der Waals surface area contributed by atoms with Gasteiger partial charge in [-0.1, -0.05) is 0 Å². The molecule has 1 aromatic carbocycles. The van der Waals surface area contributed by atoms with Crippen molar-refractivity contribution in [2.45, 2.75) is 5.88 Å². The summed E-state index contributed by atoms with van der Waals surface area (Å²) < 4.78 is 7.69. The Labute approximate surface area is 105 Å². The van der Waals surface area contributed by atoms with E-state index in [1.165, 1.54) is 15.6 Å². The lowest BCUT2D eigenvalue weighted by Gasteiger charge is -2.08. The van der Waals surface area contributed by atoms with Gasteiger partial charge in [-0.3, -0.25) is 0 Å². The van der Waals surface area contributed by atoms with Gasteiger partial charge < -0.3 is 4.74 Å². The normalized spacial score (nSPS) is 10.8. The number of halogens is 2. The van der Waals surface area contributed by atoms with Crippen LogP contribution in [0, 0.1) is 3.57 Å². The smallest absolute Gasteiger partial charge is 0.133 e. The molecule has 2 aromatic rings. The Hall–Kier alpha value is -0.000000000000000111. The Bertz CT molecular complexity index is 466. The van der Waals surface area contributed by atoms with Crippen LogP contribution < -0.4 is 4.74 Å². The molecule has 2 rings (SSSR count). The van der Waals surface area contributed by atoms with Crippen molar-refractivity contribution in [1.82, 2.24) is 0 Å². The number of rotatable bonds is 2. The standard InChI is InChI=1S/C10H8ClIOS/c1-13-8-4-6-2-3-14-10(6)7(5-11)9(8)12/h2-4H,5H2,1H3. The summed E-state index contributed by atoms with van der Waals surface area (Å²) in [5, 5.41) is 3.29. The third-order valence-corrected chi connectivity index (χ3v) is 4.53. The van der Waals surface area contributed by atoms with Gasteiger partial charge in [0.15, 0.2) is 0 Å². The lowest BCUT2D eigenvalue weighted by molar-refractivity contribution is 0.412. The maximum atomic E-state index is 5.94. The molecule has 0 aliphatic heterocycles. The SMILES string of the molecule is COc1cc2ccsc2c(CCl)c1I. The van der Waals surface area contributed by atoms with Gasteiger partial charge in [0.1, 0.15) is 5.75 Å². The second-order valence-corrected chi connectivity index (χ2v) is 5.11. The third-order valence-electron chi connectivity index (χ3n) is 2.09. The van der Waals surface area contributed by atoms with Gasteiger partial charge in [0.05, 0.1) is 10.7 Å². The first-order chi connectivity index (χ1) is 6.77. The second kappa shape index (κ2) is 4.24. The van der Waals surface area contributed by atoms with Crippen LogP contribution in [0.4, 0.5) is 0 Å². The van der Waals surface area contributed by atoms with E-state index in [1.807, 2.05) is 0 Å². The van der Waals surface area contributed by atoms with Gasteiger partial charge in [0.2, 0.25) is 0 Å². The molecule has 0 spiro atoms. The van der Waals surface area contributed by atoms with Crippen LogP contribution in [0.2, 0.25) is 0 Å². The summed E-state index contributed by atoms with van der Waals surface area (Å²) in [7, 11) is 1.69. The van der Waals surface area contributed by atoms with E-state index in [0.717, 1.165) is 9.32 Å². The predicted molar refractivity (Wildman–Crippen MR) is 70.7 cm³/mol. The van der Waals surface area contributed by atoms with E-state index in [0.29, 0.717) is 5.88 Å². The summed E-state index contributed by atoms with van der Waals surface area (Å²) in [6.07, 6.45) is 0. The number of thiophene rings is 1. The minimum atomic E-state index is 0.534. The fourth-order valence-corrected chi connectivity index (χ4v) is 3.92. The van der Waals surface area contributed by atoms with Gasteiger partial charge in [0.25, 0.3) is 0 Å². The molecule has 0 amide bonds. The molecule has 0 aliphatic carbocycles. The number of fused-ring (bicyclic) bond motifs is 1. The van der Waals surface area contributed by atoms with Crippen LogP contribution >= 0.6 is 45.5 Å². The quantitative estimate of drug-likeness (QED) is 0.587. The molecule has 0 bridgehead atoms. The average molecular weight is 339 g/mol. The Morgan fingerprint density at radius 1 is 1.57 bits per heavy atom. The van der Waals surface area contributed by atoms with Crippen molar-refractivity contribution in [3.63, 3.8) is 0 Å². The lowest BCUT2D eigenvalue weighted by Crippen LogP contribution is -1.91. The number of hydrogen-bond acceptors (Lipinski definition) is 2. The molecule has 1 heterocycles. The fourth-order valence-electron chi connectivity index (χ4n) is 1.40. The van der Waals surface area contributed by atoms with Gasteiger partial charge in [-0.15, -0.1) is 22.9 Å².